The molecule has 0 saturated carbocycles. The third-order valence-corrected chi connectivity index (χ3v) is 4.72. The molecule has 3 rings (SSSR count). The Morgan fingerprint density at radius 2 is 2.11 bits per heavy atom. The van der Waals surface area contributed by atoms with Crippen molar-refractivity contribution in [2.45, 2.75) is 38.6 Å². The summed E-state index contributed by atoms with van der Waals surface area (Å²) in [5, 5.41) is 0.502. The molecule has 0 aliphatic carbocycles. The van der Waals surface area contributed by atoms with Crippen molar-refractivity contribution in [2.75, 3.05) is 6.79 Å². The lowest BCUT2D eigenvalue weighted by Gasteiger charge is -2.21. The standard InChI is InChI=1S/C21H22ClNO5/c1-2-3-4-9-20(25)28-15-10-11-23(19(24)12-15)21(18-13-26-14-27-18)16-7-5-6-8-17(16)22/h5-8,10-13,21H,2-4,9,14H2,1H3. The van der Waals surface area contributed by atoms with Crippen LogP contribution in [0.4, 0.5) is 0 Å². The topological polar surface area (TPSA) is 66.8 Å². The number of benzene rings is 1. The Balaban J connectivity index is 1.87. The highest BCUT2D eigenvalue weighted by molar-refractivity contribution is 6.31. The van der Waals surface area contributed by atoms with Crippen LogP contribution in [0.3, 0.4) is 0 Å². The predicted molar refractivity (Wildman–Crippen MR) is 105 cm³/mol. The molecule has 0 amide bonds. The van der Waals surface area contributed by atoms with E-state index in [1.54, 1.807) is 18.3 Å². The first-order valence-electron chi connectivity index (χ1n) is 9.22. The lowest BCUT2D eigenvalue weighted by Crippen LogP contribution is -2.26. The summed E-state index contributed by atoms with van der Waals surface area (Å²) in [4.78, 5) is 24.7. The maximum absolute atomic E-state index is 12.8. The molecule has 1 aliphatic heterocycles. The summed E-state index contributed by atoms with van der Waals surface area (Å²) >= 11 is 6.35. The minimum Gasteiger partial charge on any atom is -0.462 e. The van der Waals surface area contributed by atoms with Crippen LogP contribution in [-0.4, -0.2) is 17.3 Å². The Bertz CT molecular complexity index is 921. The summed E-state index contributed by atoms with van der Waals surface area (Å²) in [7, 11) is 0. The van der Waals surface area contributed by atoms with Crippen molar-refractivity contribution in [3.8, 4) is 5.75 Å². The summed E-state index contributed by atoms with van der Waals surface area (Å²) in [6.45, 7) is 2.15. The average Bonchev–Trinajstić information content (AvgIpc) is 3.20. The van der Waals surface area contributed by atoms with Crippen LogP contribution >= 0.6 is 11.6 Å². The monoisotopic (exact) mass is 403 g/mol. The van der Waals surface area contributed by atoms with Gasteiger partial charge in [-0.1, -0.05) is 49.6 Å². The van der Waals surface area contributed by atoms with E-state index in [0.29, 0.717) is 22.8 Å². The van der Waals surface area contributed by atoms with Crippen molar-refractivity contribution in [1.29, 1.82) is 0 Å². The largest absolute Gasteiger partial charge is 0.462 e. The maximum atomic E-state index is 12.8. The van der Waals surface area contributed by atoms with Crippen molar-refractivity contribution in [2.24, 2.45) is 0 Å². The molecule has 0 saturated heterocycles. The number of carbonyl (C=O) groups is 1. The number of esters is 1. The fraction of sp³-hybridized carbons (Fsp3) is 0.333. The number of ether oxygens (including phenoxy) is 3. The van der Waals surface area contributed by atoms with Gasteiger partial charge in [0.2, 0.25) is 6.79 Å². The number of allylic oxidation sites excluding steroid dienone is 1. The van der Waals surface area contributed by atoms with Crippen molar-refractivity contribution in [3.63, 3.8) is 0 Å². The van der Waals surface area contributed by atoms with Gasteiger partial charge < -0.3 is 18.8 Å². The first-order chi connectivity index (χ1) is 13.6. The van der Waals surface area contributed by atoms with Crippen molar-refractivity contribution in [1.82, 2.24) is 4.57 Å². The molecule has 0 fully saturated rings. The Kier molecular flexibility index (Phi) is 6.76. The molecular weight excluding hydrogens is 382 g/mol. The first kappa shape index (κ1) is 20.0. The van der Waals surface area contributed by atoms with E-state index in [1.165, 1.54) is 16.9 Å². The molecule has 1 aromatic heterocycles. The van der Waals surface area contributed by atoms with Gasteiger partial charge >= 0.3 is 5.97 Å². The Hall–Kier alpha value is -2.73. The quantitative estimate of drug-likeness (QED) is 0.482. The molecule has 1 unspecified atom stereocenters. The summed E-state index contributed by atoms with van der Waals surface area (Å²) in [5.74, 6) is 0.348. The summed E-state index contributed by atoms with van der Waals surface area (Å²) in [6.07, 6.45) is 6.13. The van der Waals surface area contributed by atoms with Crippen molar-refractivity contribution >= 4 is 17.6 Å². The molecule has 0 N–H and O–H groups in total. The molecule has 1 atom stereocenters. The molecule has 1 aromatic carbocycles. The van der Waals surface area contributed by atoms with Gasteiger partial charge in [-0.15, -0.1) is 0 Å². The van der Waals surface area contributed by atoms with Crippen LogP contribution in [0.25, 0.3) is 0 Å². The highest BCUT2D eigenvalue weighted by Crippen LogP contribution is 2.33. The minimum atomic E-state index is -0.585. The Morgan fingerprint density at radius 1 is 1.29 bits per heavy atom. The second-order valence-corrected chi connectivity index (χ2v) is 6.82. The van der Waals surface area contributed by atoms with E-state index in [1.807, 2.05) is 18.2 Å². The SMILES string of the molecule is CCCCCC(=O)Oc1ccn(C(C2=COCO2)c2ccccc2Cl)c(=O)c1. The number of hydrogen-bond donors (Lipinski definition) is 0. The second kappa shape index (κ2) is 9.46. The van der Waals surface area contributed by atoms with Gasteiger partial charge in [-0.2, -0.15) is 0 Å². The zero-order chi connectivity index (χ0) is 19.9. The first-order valence-corrected chi connectivity index (χ1v) is 9.59. The molecule has 2 heterocycles. The van der Waals surface area contributed by atoms with E-state index in [-0.39, 0.29) is 24.1 Å². The van der Waals surface area contributed by atoms with E-state index < -0.39 is 6.04 Å². The van der Waals surface area contributed by atoms with E-state index in [4.69, 9.17) is 25.8 Å². The van der Waals surface area contributed by atoms with Crippen LogP contribution in [-0.2, 0) is 14.3 Å². The average molecular weight is 404 g/mol. The van der Waals surface area contributed by atoms with Crippen LogP contribution in [0.1, 0.15) is 44.2 Å². The third-order valence-electron chi connectivity index (χ3n) is 4.38. The number of nitrogens with zero attached hydrogens (tertiary/aromatic N) is 1. The lowest BCUT2D eigenvalue weighted by atomic mass is 10.0. The second-order valence-electron chi connectivity index (χ2n) is 6.41. The van der Waals surface area contributed by atoms with Crippen LogP contribution in [0.2, 0.25) is 5.02 Å². The molecule has 148 valence electrons. The molecular formula is C21H22ClNO5. The molecule has 0 radical (unpaired) electrons. The molecule has 6 nitrogen and oxygen atoms in total. The van der Waals surface area contributed by atoms with E-state index in [9.17, 15) is 9.59 Å². The predicted octanol–water partition coefficient (Wildman–Crippen LogP) is 4.42. The lowest BCUT2D eigenvalue weighted by molar-refractivity contribution is -0.134. The van der Waals surface area contributed by atoms with Crippen LogP contribution in [0, 0.1) is 0 Å². The number of rotatable bonds is 8. The van der Waals surface area contributed by atoms with Crippen LogP contribution in [0.5, 0.6) is 5.75 Å². The van der Waals surface area contributed by atoms with Gasteiger partial charge in [0.1, 0.15) is 18.1 Å². The molecule has 1 aliphatic rings. The maximum Gasteiger partial charge on any atom is 0.311 e. The van der Waals surface area contributed by atoms with Gasteiger partial charge in [0.05, 0.1) is 0 Å². The molecule has 0 bridgehead atoms. The van der Waals surface area contributed by atoms with Crippen molar-refractivity contribution < 1.29 is 19.0 Å². The van der Waals surface area contributed by atoms with E-state index >= 15 is 0 Å². The fourth-order valence-electron chi connectivity index (χ4n) is 2.98. The number of aromatic nitrogens is 1. The Labute approximate surface area is 168 Å². The highest BCUT2D eigenvalue weighted by Gasteiger charge is 2.26. The minimum absolute atomic E-state index is 0.0818. The Morgan fingerprint density at radius 3 is 2.79 bits per heavy atom. The number of halogens is 1. The van der Waals surface area contributed by atoms with Gasteiger partial charge in [0.15, 0.2) is 5.76 Å². The normalized spacial score (nSPS) is 14.0. The number of unbranched alkanes of at least 4 members (excludes halogenated alkanes) is 2. The molecule has 0 spiro atoms. The number of pyridine rings is 1. The van der Waals surface area contributed by atoms with Crippen LogP contribution in [0.15, 0.2) is 59.4 Å². The fourth-order valence-corrected chi connectivity index (χ4v) is 3.22. The zero-order valence-electron chi connectivity index (χ0n) is 15.6. The van der Waals surface area contributed by atoms with Gasteiger partial charge in [-0.3, -0.25) is 9.59 Å². The third kappa shape index (κ3) is 4.75. The number of hydrogen-bond acceptors (Lipinski definition) is 5. The summed E-state index contributed by atoms with van der Waals surface area (Å²) in [5.41, 5.74) is 0.354. The molecule has 7 heteroatoms. The van der Waals surface area contributed by atoms with Gasteiger partial charge in [-0.25, -0.2) is 0 Å². The number of carbonyl (C=O) groups excluding carboxylic acids is 1. The smallest absolute Gasteiger partial charge is 0.311 e. The van der Waals surface area contributed by atoms with Crippen molar-refractivity contribution in [3.05, 3.63) is 75.6 Å². The van der Waals surface area contributed by atoms with Crippen LogP contribution < -0.4 is 10.3 Å². The zero-order valence-corrected chi connectivity index (χ0v) is 16.4. The summed E-state index contributed by atoms with van der Waals surface area (Å²) in [6, 6.07) is 9.51. The molecule has 28 heavy (non-hydrogen) atoms. The summed E-state index contributed by atoms with van der Waals surface area (Å²) < 4.78 is 17.4. The van der Waals surface area contributed by atoms with Gasteiger partial charge in [-0.05, 0) is 18.6 Å². The van der Waals surface area contributed by atoms with E-state index in [2.05, 4.69) is 6.92 Å². The van der Waals surface area contributed by atoms with E-state index in [0.717, 1.165) is 19.3 Å². The van der Waals surface area contributed by atoms with Gasteiger partial charge in [0.25, 0.3) is 5.56 Å². The molecule has 2 aromatic rings. The van der Waals surface area contributed by atoms with Gasteiger partial charge in [0, 0.05) is 29.3 Å². The highest BCUT2D eigenvalue weighted by atomic mass is 35.5.